The van der Waals surface area contributed by atoms with E-state index in [0.29, 0.717) is 12.1 Å². The molecule has 0 radical (unpaired) electrons. The van der Waals surface area contributed by atoms with E-state index in [1.165, 1.54) is 6.07 Å². The number of halogens is 7. The molecule has 0 bridgehead atoms. The molecule has 24 heavy (non-hydrogen) atoms. The van der Waals surface area contributed by atoms with Crippen molar-refractivity contribution in [3.8, 4) is 0 Å². The molecule has 1 aromatic carbocycles. The van der Waals surface area contributed by atoms with Crippen LogP contribution in [0.2, 0.25) is 5.02 Å². The van der Waals surface area contributed by atoms with Gasteiger partial charge in [-0.1, -0.05) is 11.6 Å². The molecular formula is C13H7ClF6N2OS. The van der Waals surface area contributed by atoms with Crippen LogP contribution in [0.25, 0.3) is 0 Å². The van der Waals surface area contributed by atoms with Gasteiger partial charge in [-0.05, 0) is 29.6 Å². The molecule has 0 aliphatic heterocycles. The van der Waals surface area contributed by atoms with Gasteiger partial charge in [0.25, 0.3) is 0 Å². The average molecular weight is 389 g/mol. The van der Waals surface area contributed by atoms with Crippen molar-refractivity contribution >= 4 is 39.7 Å². The summed E-state index contributed by atoms with van der Waals surface area (Å²) in [6, 6.07) is 1.23. The number of alkyl halides is 6. The lowest BCUT2D eigenvalue weighted by molar-refractivity contribution is -0.143. The van der Waals surface area contributed by atoms with E-state index in [2.05, 4.69) is 5.32 Å². The number of carbonyl (C=O) groups is 1. The van der Waals surface area contributed by atoms with Crippen LogP contribution in [0.15, 0.2) is 29.6 Å². The third kappa shape index (κ3) is 4.54. The van der Waals surface area contributed by atoms with E-state index in [1.54, 1.807) is 5.38 Å². The molecule has 1 heterocycles. The molecule has 0 fully saturated rings. The highest BCUT2D eigenvalue weighted by molar-refractivity contribution is 7.15. The number of hydrogen-bond donors (Lipinski definition) is 2. The van der Waals surface area contributed by atoms with Crippen molar-refractivity contribution in [3.63, 3.8) is 0 Å². The van der Waals surface area contributed by atoms with Crippen molar-refractivity contribution in [2.24, 2.45) is 0 Å². The van der Waals surface area contributed by atoms with Gasteiger partial charge in [0.15, 0.2) is 0 Å². The number of rotatable bonds is 2. The van der Waals surface area contributed by atoms with E-state index in [1.807, 2.05) is 5.32 Å². The van der Waals surface area contributed by atoms with Gasteiger partial charge in [-0.25, -0.2) is 4.79 Å². The normalized spacial score (nSPS) is 12.1. The van der Waals surface area contributed by atoms with Gasteiger partial charge in [0.2, 0.25) is 0 Å². The third-order valence-corrected chi connectivity index (χ3v) is 3.95. The highest BCUT2D eigenvalue weighted by Crippen LogP contribution is 2.37. The predicted molar refractivity (Wildman–Crippen MR) is 78.4 cm³/mol. The summed E-state index contributed by atoms with van der Waals surface area (Å²) in [7, 11) is 0. The van der Waals surface area contributed by atoms with Crippen LogP contribution in [-0.4, -0.2) is 6.03 Å². The number of amides is 2. The van der Waals surface area contributed by atoms with Crippen molar-refractivity contribution in [2.45, 2.75) is 12.4 Å². The molecule has 0 spiro atoms. The standard InChI is InChI=1S/C13H7ClF6N2OS/c14-9-1-2-24-10(9)22-11(23)21-8-4-6(12(15,16)17)3-7(5-8)13(18,19)20/h1-5H,(H2,21,22,23). The summed E-state index contributed by atoms with van der Waals surface area (Å²) in [5.74, 6) is 0. The molecule has 130 valence electrons. The highest BCUT2D eigenvalue weighted by atomic mass is 35.5. The van der Waals surface area contributed by atoms with Crippen LogP contribution in [0.4, 0.5) is 41.8 Å². The second kappa shape index (κ2) is 6.52. The molecule has 2 rings (SSSR count). The summed E-state index contributed by atoms with van der Waals surface area (Å²) in [6.45, 7) is 0. The molecule has 0 aliphatic carbocycles. The lowest BCUT2D eigenvalue weighted by Crippen LogP contribution is -2.20. The zero-order valence-corrected chi connectivity index (χ0v) is 12.9. The minimum absolute atomic E-state index is 0.0285. The molecule has 0 aliphatic rings. The SMILES string of the molecule is O=C(Nc1cc(C(F)(F)F)cc(C(F)(F)F)c1)Nc1sccc1Cl. The molecule has 11 heteroatoms. The Morgan fingerprint density at radius 1 is 0.958 bits per heavy atom. The summed E-state index contributed by atoms with van der Waals surface area (Å²) in [6.07, 6.45) is -9.99. The summed E-state index contributed by atoms with van der Waals surface area (Å²) in [5, 5.41) is 6.10. The first kappa shape index (κ1) is 18.4. The Bertz CT molecular complexity index is 723. The topological polar surface area (TPSA) is 41.1 Å². The number of carbonyl (C=O) groups excluding carboxylic acids is 1. The van der Waals surface area contributed by atoms with Gasteiger partial charge in [-0.3, -0.25) is 5.32 Å². The van der Waals surface area contributed by atoms with E-state index in [9.17, 15) is 31.1 Å². The molecular weight excluding hydrogens is 382 g/mol. The first-order chi connectivity index (χ1) is 11.0. The quantitative estimate of drug-likeness (QED) is 0.601. The number of urea groups is 1. The zero-order valence-electron chi connectivity index (χ0n) is 11.3. The van der Waals surface area contributed by atoms with Crippen LogP contribution in [0.1, 0.15) is 11.1 Å². The minimum Gasteiger partial charge on any atom is -0.308 e. The van der Waals surface area contributed by atoms with E-state index in [4.69, 9.17) is 11.6 Å². The van der Waals surface area contributed by atoms with Gasteiger partial charge in [0, 0.05) is 5.69 Å². The Hall–Kier alpha value is -1.94. The lowest BCUT2D eigenvalue weighted by atomic mass is 10.1. The highest BCUT2D eigenvalue weighted by Gasteiger charge is 2.37. The van der Waals surface area contributed by atoms with Crippen LogP contribution in [0.3, 0.4) is 0 Å². The number of anilines is 2. The maximum atomic E-state index is 12.7. The smallest absolute Gasteiger partial charge is 0.308 e. The molecule has 3 nitrogen and oxygen atoms in total. The largest absolute Gasteiger partial charge is 0.416 e. The fraction of sp³-hybridized carbons (Fsp3) is 0.154. The summed E-state index contributed by atoms with van der Waals surface area (Å²) >= 11 is 6.77. The number of benzene rings is 1. The maximum absolute atomic E-state index is 12.7. The number of nitrogens with one attached hydrogen (secondary N) is 2. The molecule has 1 aromatic heterocycles. The Labute approximate surface area is 140 Å². The summed E-state index contributed by atoms with van der Waals surface area (Å²) in [4.78, 5) is 11.7. The summed E-state index contributed by atoms with van der Waals surface area (Å²) in [5.41, 5.74) is -3.70. The van der Waals surface area contributed by atoms with Gasteiger partial charge in [-0.15, -0.1) is 11.3 Å². The van der Waals surface area contributed by atoms with Gasteiger partial charge < -0.3 is 5.32 Å². The second-order valence-corrected chi connectivity index (χ2v) is 5.79. The van der Waals surface area contributed by atoms with Crippen molar-refractivity contribution in [2.75, 3.05) is 10.6 Å². The van der Waals surface area contributed by atoms with Gasteiger partial charge in [-0.2, -0.15) is 26.3 Å². The van der Waals surface area contributed by atoms with Gasteiger partial charge in [0.1, 0.15) is 5.00 Å². The van der Waals surface area contributed by atoms with Crippen molar-refractivity contribution in [1.29, 1.82) is 0 Å². The van der Waals surface area contributed by atoms with Crippen molar-refractivity contribution in [3.05, 3.63) is 45.8 Å². The number of hydrogen-bond acceptors (Lipinski definition) is 2. The van der Waals surface area contributed by atoms with Crippen molar-refractivity contribution < 1.29 is 31.1 Å². The number of thiophene rings is 1. The molecule has 0 saturated carbocycles. The predicted octanol–water partition coefficient (Wildman–Crippen LogP) is 6.08. The third-order valence-electron chi connectivity index (χ3n) is 2.69. The molecule has 0 atom stereocenters. The molecule has 2 amide bonds. The monoisotopic (exact) mass is 388 g/mol. The molecule has 0 saturated heterocycles. The minimum atomic E-state index is -4.99. The Morgan fingerprint density at radius 3 is 1.92 bits per heavy atom. The Kier molecular flexibility index (Phi) is 5.00. The fourth-order valence-corrected chi connectivity index (χ4v) is 2.67. The molecule has 0 unspecified atom stereocenters. The van der Waals surface area contributed by atoms with Crippen LogP contribution >= 0.6 is 22.9 Å². The Morgan fingerprint density at radius 2 is 1.50 bits per heavy atom. The van der Waals surface area contributed by atoms with E-state index < -0.39 is 35.2 Å². The molecule has 2 aromatic rings. The van der Waals surface area contributed by atoms with Gasteiger partial charge in [0.05, 0.1) is 16.1 Å². The van der Waals surface area contributed by atoms with Crippen molar-refractivity contribution in [1.82, 2.24) is 0 Å². The summed E-state index contributed by atoms with van der Waals surface area (Å²) < 4.78 is 76.3. The average Bonchev–Trinajstić information content (AvgIpc) is 2.81. The molecule has 2 N–H and O–H groups in total. The maximum Gasteiger partial charge on any atom is 0.416 e. The van der Waals surface area contributed by atoms with Gasteiger partial charge >= 0.3 is 18.4 Å². The van der Waals surface area contributed by atoms with Crippen LogP contribution in [0.5, 0.6) is 0 Å². The Balaban J connectivity index is 2.29. The zero-order chi connectivity index (χ0) is 18.1. The van der Waals surface area contributed by atoms with Crippen LogP contribution < -0.4 is 10.6 Å². The lowest BCUT2D eigenvalue weighted by Gasteiger charge is -2.15. The second-order valence-electron chi connectivity index (χ2n) is 4.47. The fourth-order valence-electron chi connectivity index (χ4n) is 1.68. The van der Waals surface area contributed by atoms with Crippen LogP contribution in [0, 0.1) is 0 Å². The van der Waals surface area contributed by atoms with E-state index >= 15 is 0 Å². The first-order valence-corrected chi connectivity index (χ1v) is 7.33. The van der Waals surface area contributed by atoms with E-state index in [0.717, 1.165) is 11.3 Å². The van der Waals surface area contributed by atoms with Crippen LogP contribution in [-0.2, 0) is 12.4 Å². The van der Waals surface area contributed by atoms with E-state index in [-0.39, 0.29) is 16.1 Å². The first-order valence-electron chi connectivity index (χ1n) is 6.07.